The van der Waals surface area contributed by atoms with Crippen LogP contribution in [0.2, 0.25) is 5.02 Å². The van der Waals surface area contributed by atoms with E-state index in [1.165, 1.54) is 4.90 Å². The number of aryl methyl sites for hydroxylation is 1. The summed E-state index contributed by atoms with van der Waals surface area (Å²) in [4.78, 5) is 48.8. The van der Waals surface area contributed by atoms with Crippen LogP contribution in [-0.2, 0) is 25.7 Å². The minimum Gasteiger partial charge on any atom is -0.394 e. The Kier molecular flexibility index (Phi) is 7.51. The van der Waals surface area contributed by atoms with Crippen LogP contribution in [0.1, 0.15) is 31.9 Å². The smallest absolute Gasteiger partial charge is 0.253 e. The fourth-order valence-electron chi connectivity index (χ4n) is 7.60. The number of hydrogen-bond acceptors (Lipinski definition) is 5. The Balaban J connectivity index is 1.49. The Hall–Kier alpha value is -3.46. The van der Waals surface area contributed by atoms with Crippen molar-refractivity contribution in [3.63, 3.8) is 0 Å². The fraction of sp³-hybridized carbons (Fsp3) is 0.441. The highest BCUT2D eigenvalue weighted by Gasteiger charge is 2.75. The lowest BCUT2D eigenvalue weighted by Gasteiger charge is -2.41. The first kappa shape index (κ1) is 29.6. The van der Waals surface area contributed by atoms with E-state index in [9.17, 15) is 19.5 Å². The van der Waals surface area contributed by atoms with Crippen LogP contribution in [0.25, 0.3) is 0 Å². The number of likely N-dealkylation sites (tertiary alicyclic amines) is 1. The first-order chi connectivity index (χ1) is 20.5. The van der Waals surface area contributed by atoms with Crippen molar-refractivity contribution in [2.45, 2.75) is 57.5 Å². The molecule has 1 unspecified atom stereocenters. The minimum absolute atomic E-state index is 0.161. The number of aliphatic hydroxyl groups is 1. The Morgan fingerprint density at radius 1 is 0.953 bits per heavy atom. The number of ether oxygens (including phenoxy) is 1. The van der Waals surface area contributed by atoms with Crippen molar-refractivity contribution < 1.29 is 24.2 Å². The van der Waals surface area contributed by atoms with Crippen LogP contribution in [0.15, 0.2) is 72.8 Å². The fourth-order valence-corrected chi connectivity index (χ4v) is 7.92. The van der Waals surface area contributed by atoms with E-state index in [2.05, 4.69) is 0 Å². The molecule has 8 nitrogen and oxygen atoms in total. The van der Waals surface area contributed by atoms with Gasteiger partial charge in [-0.1, -0.05) is 92.2 Å². The lowest BCUT2D eigenvalue weighted by Crippen LogP contribution is -2.59. The molecule has 226 valence electrons. The van der Waals surface area contributed by atoms with Crippen molar-refractivity contribution in [2.24, 2.45) is 17.8 Å². The van der Waals surface area contributed by atoms with Gasteiger partial charge in [-0.2, -0.15) is 0 Å². The maximum absolute atomic E-state index is 14.8. The van der Waals surface area contributed by atoms with Gasteiger partial charge in [-0.15, -0.1) is 0 Å². The summed E-state index contributed by atoms with van der Waals surface area (Å²) in [5, 5.41) is 11.0. The second-order valence-corrected chi connectivity index (χ2v) is 13.0. The van der Waals surface area contributed by atoms with Crippen LogP contribution >= 0.6 is 11.6 Å². The Morgan fingerprint density at radius 3 is 2.35 bits per heavy atom. The van der Waals surface area contributed by atoms with Gasteiger partial charge in [-0.3, -0.25) is 14.4 Å². The second-order valence-electron chi connectivity index (χ2n) is 12.6. The quantitative estimate of drug-likeness (QED) is 0.502. The predicted molar refractivity (Wildman–Crippen MR) is 164 cm³/mol. The van der Waals surface area contributed by atoms with Gasteiger partial charge in [0.15, 0.2) is 0 Å². The number of benzene rings is 2. The van der Waals surface area contributed by atoms with E-state index in [4.69, 9.17) is 16.3 Å². The van der Waals surface area contributed by atoms with E-state index in [-0.39, 0.29) is 36.8 Å². The number of amides is 3. The molecule has 3 amide bonds. The van der Waals surface area contributed by atoms with Gasteiger partial charge in [0, 0.05) is 19.6 Å². The molecule has 4 aliphatic rings. The number of fused-ring (bicyclic) bond motifs is 2. The number of anilines is 1. The topological polar surface area (TPSA) is 90.4 Å². The van der Waals surface area contributed by atoms with Gasteiger partial charge in [0.2, 0.25) is 11.8 Å². The third-order valence-electron chi connectivity index (χ3n) is 9.57. The zero-order valence-electron chi connectivity index (χ0n) is 24.9. The molecule has 6 atom stereocenters. The summed E-state index contributed by atoms with van der Waals surface area (Å²) in [6.45, 7) is 8.20. The summed E-state index contributed by atoms with van der Waals surface area (Å²) < 4.78 is 6.94. The largest absolute Gasteiger partial charge is 0.394 e. The molecule has 2 aromatic carbocycles. The monoisotopic (exact) mass is 603 g/mol. The van der Waals surface area contributed by atoms with Crippen molar-refractivity contribution in [1.82, 2.24) is 9.80 Å². The molecular weight excluding hydrogens is 566 g/mol. The maximum atomic E-state index is 14.8. The molecule has 0 bridgehead atoms. The highest BCUT2D eigenvalue weighted by atomic mass is 35.5. The van der Waals surface area contributed by atoms with Gasteiger partial charge in [0.05, 0.1) is 40.8 Å². The van der Waals surface area contributed by atoms with E-state index in [0.717, 1.165) is 11.1 Å². The predicted octanol–water partition coefficient (Wildman–Crippen LogP) is 4.14. The SMILES string of the molecule is Cc1cccc(Cl)c1N1CC=C[C@]23O[C@]4(C)C=CCN(Cc5ccccc5)C(=O)[C@@H]4[C@H]2C(=O)N([C@@H](CO)C(C)C)C3C1=O. The molecule has 0 aromatic heterocycles. The molecule has 9 heteroatoms. The molecule has 4 aliphatic heterocycles. The van der Waals surface area contributed by atoms with Crippen LogP contribution in [-0.4, -0.2) is 75.6 Å². The minimum atomic E-state index is -1.42. The Bertz CT molecular complexity index is 1490. The van der Waals surface area contributed by atoms with Gasteiger partial charge < -0.3 is 24.5 Å². The zero-order chi connectivity index (χ0) is 30.7. The van der Waals surface area contributed by atoms with Crippen LogP contribution in [0.4, 0.5) is 5.69 Å². The summed E-state index contributed by atoms with van der Waals surface area (Å²) >= 11 is 6.65. The summed E-state index contributed by atoms with van der Waals surface area (Å²) in [6.07, 6.45) is 7.47. The normalized spacial score (nSPS) is 30.8. The standard InChI is InChI=1S/C34H38ClN3O5/c1-21(2)25(20-39)38-29-32(42)37(28-22(3)11-8-14-24(28)35)18-10-16-34(29)27(31(38)41)26-30(40)36(17-9-15-33(26,4)43-34)19-23-12-6-5-7-13-23/h5-16,21,25-27,29,39H,17-20H2,1-4H3/t25-,26-,27-,29?,33+,34-/m0/s1. The van der Waals surface area contributed by atoms with Gasteiger partial charge in [-0.25, -0.2) is 0 Å². The molecule has 0 aliphatic carbocycles. The first-order valence-corrected chi connectivity index (χ1v) is 15.3. The molecule has 2 saturated heterocycles. The van der Waals surface area contributed by atoms with E-state index in [1.807, 2.05) is 94.5 Å². The van der Waals surface area contributed by atoms with E-state index in [1.54, 1.807) is 15.9 Å². The molecule has 4 heterocycles. The number of nitrogens with zero attached hydrogens (tertiary/aromatic N) is 3. The van der Waals surface area contributed by atoms with Gasteiger partial charge in [0.25, 0.3) is 5.91 Å². The molecule has 1 spiro atoms. The van der Waals surface area contributed by atoms with Gasteiger partial charge in [-0.05, 0) is 37.0 Å². The molecule has 2 fully saturated rings. The molecule has 0 radical (unpaired) electrons. The number of aliphatic hydroxyl groups excluding tert-OH is 1. The van der Waals surface area contributed by atoms with Crippen molar-refractivity contribution in [3.05, 3.63) is 89.0 Å². The average Bonchev–Trinajstić information content (AvgIpc) is 3.24. The molecule has 6 rings (SSSR count). The third kappa shape index (κ3) is 4.53. The van der Waals surface area contributed by atoms with Gasteiger partial charge in [0.1, 0.15) is 11.6 Å². The number of halogens is 1. The highest BCUT2D eigenvalue weighted by Crippen LogP contribution is 2.58. The van der Waals surface area contributed by atoms with Gasteiger partial charge >= 0.3 is 0 Å². The van der Waals surface area contributed by atoms with Crippen LogP contribution in [0.5, 0.6) is 0 Å². The molecular formula is C34H38ClN3O5. The zero-order valence-corrected chi connectivity index (χ0v) is 25.7. The van der Waals surface area contributed by atoms with Crippen molar-refractivity contribution in [3.8, 4) is 0 Å². The van der Waals surface area contributed by atoms with E-state index in [0.29, 0.717) is 23.8 Å². The Labute approximate surface area is 257 Å². The molecule has 0 saturated carbocycles. The summed E-state index contributed by atoms with van der Waals surface area (Å²) in [6, 6.07) is 13.4. The van der Waals surface area contributed by atoms with Crippen LogP contribution in [0, 0.1) is 24.7 Å². The number of carbonyl (C=O) groups is 3. The lowest BCUT2D eigenvalue weighted by molar-refractivity contribution is -0.152. The summed E-state index contributed by atoms with van der Waals surface area (Å²) in [5.74, 6) is -2.89. The molecule has 43 heavy (non-hydrogen) atoms. The van der Waals surface area contributed by atoms with Crippen LogP contribution in [0.3, 0.4) is 0 Å². The first-order valence-electron chi connectivity index (χ1n) is 14.9. The number of carbonyl (C=O) groups excluding carboxylic acids is 3. The average molecular weight is 604 g/mol. The number of rotatable bonds is 6. The van der Waals surface area contributed by atoms with E-state index >= 15 is 0 Å². The number of para-hydroxylation sites is 1. The summed E-state index contributed by atoms with van der Waals surface area (Å²) in [7, 11) is 0. The molecule has 1 N–H and O–H groups in total. The van der Waals surface area contributed by atoms with E-state index < -0.39 is 35.1 Å². The number of hydrogen-bond donors (Lipinski definition) is 1. The third-order valence-corrected chi connectivity index (χ3v) is 9.87. The highest BCUT2D eigenvalue weighted by molar-refractivity contribution is 6.34. The van der Waals surface area contributed by atoms with Crippen molar-refractivity contribution >= 4 is 35.0 Å². The molecule has 2 aromatic rings. The van der Waals surface area contributed by atoms with Crippen molar-refractivity contribution in [1.29, 1.82) is 0 Å². The maximum Gasteiger partial charge on any atom is 0.253 e. The van der Waals surface area contributed by atoms with Crippen molar-refractivity contribution in [2.75, 3.05) is 24.6 Å². The second kappa shape index (κ2) is 10.9. The Morgan fingerprint density at radius 2 is 1.67 bits per heavy atom. The summed E-state index contributed by atoms with van der Waals surface area (Å²) in [5.41, 5.74) is -0.177. The lowest BCUT2D eigenvalue weighted by atomic mass is 9.74. The van der Waals surface area contributed by atoms with Crippen LogP contribution < -0.4 is 4.90 Å².